The molecule has 0 unspecified atom stereocenters. The summed E-state index contributed by atoms with van der Waals surface area (Å²) in [5, 5.41) is 10.7. The molecule has 0 fully saturated rings. The summed E-state index contributed by atoms with van der Waals surface area (Å²) in [5.41, 5.74) is 3.69. The molecule has 0 aliphatic carbocycles. The highest BCUT2D eigenvalue weighted by molar-refractivity contribution is 7.98. The van der Waals surface area contributed by atoms with Crippen molar-refractivity contribution in [2.24, 2.45) is 5.84 Å². The summed E-state index contributed by atoms with van der Waals surface area (Å²) < 4.78 is 0. The SMILES string of the molecule is CCSCc1cccc([N+](=O)[O-])c1NN. The van der Waals surface area contributed by atoms with E-state index in [0.717, 1.165) is 17.1 Å². The molecule has 0 saturated heterocycles. The number of nitro benzene ring substituents is 1. The maximum Gasteiger partial charge on any atom is 0.293 e. The number of para-hydroxylation sites is 1. The summed E-state index contributed by atoms with van der Waals surface area (Å²) in [6, 6.07) is 4.95. The minimum absolute atomic E-state index is 0.0201. The Labute approximate surface area is 92.2 Å². The third-order valence-electron chi connectivity index (χ3n) is 1.93. The Morgan fingerprint density at radius 1 is 1.60 bits per heavy atom. The fourth-order valence-corrected chi connectivity index (χ4v) is 1.90. The highest BCUT2D eigenvalue weighted by Crippen LogP contribution is 2.29. The maximum absolute atomic E-state index is 10.7. The fraction of sp³-hybridized carbons (Fsp3) is 0.333. The van der Waals surface area contributed by atoms with E-state index in [4.69, 9.17) is 5.84 Å². The molecule has 0 aliphatic heterocycles. The van der Waals surface area contributed by atoms with E-state index < -0.39 is 4.92 Å². The van der Waals surface area contributed by atoms with Crippen molar-refractivity contribution in [2.45, 2.75) is 12.7 Å². The van der Waals surface area contributed by atoms with Crippen molar-refractivity contribution in [2.75, 3.05) is 11.2 Å². The van der Waals surface area contributed by atoms with E-state index in [1.807, 2.05) is 13.0 Å². The quantitative estimate of drug-likeness (QED) is 0.457. The molecule has 0 amide bonds. The van der Waals surface area contributed by atoms with Crippen LogP contribution in [0, 0.1) is 10.1 Å². The normalized spacial score (nSPS) is 10.0. The number of anilines is 1. The summed E-state index contributed by atoms with van der Waals surface area (Å²) in [6.45, 7) is 2.04. The van der Waals surface area contributed by atoms with Gasteiger partial charge in [0.1, 0.15) is 5.69 Å². The highest BCUT2D eigenvalue weighted by Gasteiger charge is 2.15. The van der Waals surface area contributed by atoms with Crippen LogP contribution >= 0.6 is 11.8 Å². The predicted octanol–water partition coefficient (Wildman–Crippen LogP) is 2.13. The molecule has 0 radical (unpaired) electrons. The van der Waals surface area contributed by atoms with Gasteiger partial charge < -0.3 is 5.43 Å². The third kappa shape index (κ3) is 2.84. The Bertz CT molecular complexity index is 357. The van der Waals surface area contributed by atoms with Crippen LogP contribution in [-0.4, -0.2) is 10.7 Å². The number of hydrogen-bond donors (Lipinski definition) is 2. The molecule has 0 saturated carbocycles. The van der Waals surface area contributed by atoms with Crippen molar-refractivity contribution in [3.63, 3.8) is 0 Å². The van der Waals surface area contributed by atoms with Gasteiger partial charge in [0.05, 0.1) is 4.92 Å². The average molecular weight is 227 g/mol. The van der Waals surface area contributed by atoms with Crippen molar-refractivity contribution in [3.8, 4) is 0 Å². The van der Waals surface area contributed by atoms with E-state index in [0.29, 0.717) is 5.69 Å². The second kappa shape index (κ2) is 5.57. The van der Waals surface area contributed by atoms with Gasteiger partial charge >= 0.3 is 0 Å². The van der Waals surface area contributed by atoms with E-state index in [2.05, 4.69) is 5.43 Å². The number of nitro groups is 1. The van der Waals surface area contributed by atoms with Crippen molar-refractivity contribution >= 4 is 23.1 Å². The van der Waals surface area contributed by atoms with Gasteiger partial charge in [-0.15, -0.1) is 0 Å². The molecule has 1 rings (SSSR count). The topological polar surface area (TPSA) is 81.2 Å². The second-order valence-corrected chi connectivity index (χ2v) is 4.12. The summed E-state index contributed by atoms with van der Waals surface area (Å²) in [6.07, 6.45) is 0. The van der Waals surface area contributed by atoms with E-state index in [9.17, 15) is 10.1 Å². The van der Waals surface area contributed by atoms with Crippen molar-refractivity contribution in [1.29, 1.82) is 0 Å². The highest BCUT2D eigenvalue weighted by atomic mass is 32.2. The number of nitrogens with two attached hydrogens (primary N) is 1. The molecule has 5 nitrogen and oxygen atoms in total. The number of rotatable bonds is 5. The van der Waals surface area contributed by atoms with Crippen molar-refractivity contribution in [3.05, 3.63) is 33.9 Å². The Hall–Kier alpha value is -1.27. The molecule has 3 N–H and O–H groups in total. The zero-order valence-corrected chi connectivity index (χ0v) is 9.21. The lowest BCUT2D eigenvalue weighted by molar-refractivity contribution is -0.384. The number of thioether (sulfide) groups is 1. The molecule has 0 spiro atoms. The van der Waals surface area contributed by atoms with E-state index in [1.165, 1.54) is 6.07 Å². The first-order chi connectivity index (χ1) is 7.20. The number of hydrazine groups is 1. The predicted molar refractivity (Wildman–Crippen MR) is 62.7 cm³/mol. The molecule has 0 aliphatic rings. The Morgan fingerprint density at radius 2 is 2.33 bits per heavy atom. The molecule has 0 aromatic heterocycles. The molecule has 0 bridgehead atoms. The number of nitrogen functional groups attached to an aromatic ring is 1. The minimum atomic E-state index is -0.435. The third-order valence-corrected chi connectivity index (χ3v) is 2.85. The van der Waals surface area contributed by atoms with Crippen LogP contribution in [0.2, 0.25) is 0 Å². The van der Waals surface area contributed by atoms with Gasteiger partial charge in [0.2, 0.25) is 0 Å². The first-order valence-electron chi connectivity index (χ1n) is 4.51. The molecule has 82 valence electrons. The number of benzene rings is 1. The van der Waals surface area contributed by atoms with E-state index in [-0.39, 0.29) is 5.69 Å². The largest absolute Gasteiger partial charge is 0.318 e. The van der Waals surface area contributed by atoms with Crippen LogP contribution in [0.5, 0.6) is 0 Å². The summed E-state index contributed by atoms with van der Waals surface area (Å²) in [4.78, 5) is 10.3. The van der Waals surface area contributed by atoms with Crippen molar-refractivity contribution < 1.29 is 4.92 Å². The Balaban J connectivity index is 3.04. The van der Waals surface area contributed by atoms with Gasteiger partial charge in [-0.05, 0) is 11.3 Å². The lowest BCUT2D eigenvalue weighted by Gasteiger charge is -2.08. The number of nitrogens with one attached hydrogen (secondary N) is 1. The smallest absolute Gasteiger partial charge is 0.293 e. The van der Waals surface area contributed by atoms with Crippen LogP contribution in [-0.2, 0) is 5.75 Å². The van der Waals surface area contributed by atoms with Crippen LogP contribution in [0.1, 0.15) is 12.5 Å². The lowest BCUT2D eigenvalue weighted by Crippen LogP contribution is -2.11. The van der Waals surface area contributed by atoms with Gasteiger partial charge in [0.15, 0.2) is 0 Å². The first kappa shape index (κ1) is 11.8. The maximum atomic E-state index is 10.7. The van der Waals surface area contributed by atoms with Gasteiger partial charge in [0, 0.05) is 11.8 Å². The van der Waals surface area contributed by atoms with Gasteiger partial charge in [-0.25, -0.2) is 0 Å². The molecule has 6 heteroatoms. The molecular formula is C9H13N3O2S. The van der Waals surface area contributed by atoms with Crippen LogP contribution in [0.4, 0.5) is 11.4 Å². The summed E-state index contributed by atoms with van der Waals surface area (Å²) in [5.74, 6) is 6.98. The molecule has 1 aromatic carbocycles. The van der Waals surface area contributed by atoms with Gasteiger partial charge in [-0.1, -0.05) is 19.1 Å². The zero-order valence-electron chi connectivity index (χ0n) is 8.40. The Morgan fingerprint density at radius 3 is 2.87 bits per heavy atom. The van der Waals surface area contributed by atoms with Crippen LogP contribution in [0.25, 0.3) is 0 Å². The van der Waals surface area contributed by atoms with Crippen LogP contribution in [0.3, 0.4) is 0 Å². The number of nitrogens with zero attached hydrogens (tertiary/aromatic N) is 1. The molecule has 0 atom stereocenters. The van der Waals surface area contributed by atoms with E-state index in [1.54, 1.807) is 17.8 Å². The summed E-state index contributed by atoms with van der Waals surface area (Å²) in [7, 11) is 0. The fourth-order valence-electron chi connectivity index (χ4n) is 1.24. The number of hydrogen-bond acceptors (Lipinski definition) is 5. The first-order valence-corrected chi connectivity index (χ1v) is 5.66. The second-order valence-electron chi connectivity index (χ2n) is 2.85. The van der Waals surface area contributed by atoms with Crippen LogP contribution < -0.4 is 11.3 Å². The molecule has 15 heavy (non-hydrogen) atoms. The summed E-state index contributed by atoms with van der Waals surface area (Å²) >= 11 is 1.69. The van der Waals surface area contributed by atoms with Gasteiger partial charge in [0.25, 0.3) is 5.69 Å². The average Bonchev–Trinajstić information content (AvgIpc) is 2.25. The zero-order chi connectivity index (χ0) is 11.3. The van der Waals surface area contributed by atoms with Gasteiger partial charge in [-0.3, -0.25) is 16.0 Å². The van der Waals surface area contributed by atoms with Gasteiger partial charge in [-0.2, -0.15) is 11.8 Å². The van der Waals surface area contributed by atoms with Crippen LogP contribution in [0.15, 0.2) is 18.2 Å². The monoisotopic (exact) mass is 227 g/mol. The minimum Gasteiger partial charge on any atom is -0.318 e. The molecular weight excluding hydrogens is 214 g/mol. The molecule has 0 heterocycles. The lowest BCUT2D eigenvalue weighted by atomic mass is 10.2. The Kier molecular flexibility index (Phi) is 4.38. The van der Waals surface area contributed by atoms with Crippen molar-refractivity contribution in [1.82, 2.24) is 0 Å². The van der Waals surface area contributed by atoms with E-state index >= 15 is 0 Å². The molecule has 1 aromatic rings. The standard InChI is InChI=1S/C9H13N3O2S/c1-2-15-6-7-4-3-5-8(12(13)14)9(7)11-10/h3-5,11H,2,6,10H2,1H3.